The Morgan fingerprint density at radius 1 is 1.13 bits per heavy atom. The monoisotopic (exact) mass is 213 g/mol. The SMILES string of the molecule is CCCC(=O)NC(CC)CCC(C)CC. The molecule has 0 spiro atoms. The van der Waals surface area contributed by atoms with Crippen molar-refractivity contribution in [2.45, 2.75) is 72.3 Å². The molecule has 0 aliphatic carbocycles. The maximum Gasteiger partial charge on any atom is 0.220 e. The summed E-state index contributed by atoms with van der Waals surface area (Å²) in [6.07, 6.45) is 6.24. The van der Waals surface area contributed by atoms with Crippen molar-refractivity contribution in [1.29, 1.82) is 0 Å². The van der Waals surface area contributed by atoms with E-state index in [1.807, 2.05) is 6.92 Å². The predicted octanol–water partition coefficient (Wildman–Crippen LogP) is 3.51. The van der Waals surface area contributed by atoms with Gasteiger partial charge in [0.1, 0.15) is 0 Å². The highest BCUT2D eigenvalue weighted by molar-refractivity contribution is 5.76. The van der Waals surface area contributed by atoms with Crippen molar-refractivity contribution in [2.75, 3.05) is 0 Å². The van der Waals surface area contributed by atoms with Crippen molar-refractivity contribution in [3.05, 3.63) is 0 Å². The number of carbonyl (C=O) groups excluding carboxylic acids is 1. The summed E-state index contributed by atoms with van der Waals surface area (Å²) < 4.78 is 0. The predicted molar refractivity (Wildman–Crippen MR) is 65.8 cm³/mol. The van der Waals surface area contributed by atoms with E-state index < -0.39 is 0 Å². The molecule has 0 aromatic rings. The Kier molecular flexibility index (Phi) is 8.44. The van der Waals surface area contributed by atoms with Crippen LogP contribution in [0.1, 0.15) is 66.2 Å². The summed E-state index contributed by atoms with van der Waals surface area (Å²) in [4.78, 5) is 11.4. The smallest absolute Gasteiger partial charge is 0.220 e. The normalized spacial score (nSPS) is 14.7. The van der Waals surface area contributed by atoms with Gasteiger partial charge in [0.05, 0.1) is 0 Å². The largest absolute Gasteiger partial charge is 0.353 e. The van der Waals surface area contributed by atoms with Crippen molar-refractivity contribution in [3.8, 4) is 0 Å². The van der Waals surface area contributed by atoms with E-state index >= 15 is 0 Å². The quantitative estimate of drug-likeness (QED) is 0.657. The Hall–Kier alpha value is -0.530. The second kappa shape index (κ2) is 8.75. The lowest BCUT2D eigenvalue weighted by atomic mass is 9.98. The molecule has 0 bridgehead atoms. The Morgan fingerprint density at radius 2 is 1.80 bits per heavy atom. The minimum Gasteiger partial charge on any atom is -0.353 e. The molecule has 0 aromatic carbocycles. The number of hydrogen-bond donors (Lipinski definition) is 1. The van der Waals surface area contributed by atoms with Gasteiger partial charge in [0.25, 0.3) is 0 Å². The zero-order chi connectivity index (χ0) is 11.7. The van der Waals surface area contributed by atoms with Crippen molar-refractivity contribution in [3.63, 3.8) is 0 Å². The minimum atomic E-state index is 0.216. The minimum absolute atomic E-state index is 0.216. The van der Waals surface area contributed by atoms with E-state index in [-0.39, 0.29) is 5.91 Å². The lowest BCUT2D eigenvalue weighted by Crippen LogP contribution is -2.34. The maximum absolute atomic E-state index is 11.4. The molecule has 2 unspecified atom stereocenters. The summed E-state index contributed by atoms with van der Waals surface area (Å²) in [5.41, 5.74) is 0. The molecule has 90 valence electrons. The highest BCUT2D eigenvalue weighted by Gasteiger charge is 2.10. The summed E-state index contributed by atoms with van der Waals surface area (Å²) in [6.45, 7) is 8.69. The van der Waals surface area contributed by atoms with E-state index in [0.717, 1.165) is 25.2 Å². The van der Waals surface area contributed by atoms with E-state index in [2.05, 4.69) is 26.1 Å². The van der Waals surface area contributed by atoms with E-state index in [1.54, 1.807) is 0 Å². The zero-order valence-electron chi connectivity index (χ0n) is 10.8. The van der Waals surface area contributed by atoms with E-state index in [4.69, 9.17) is 0 Å². The third kappa shape index (κ3) is 7.40. The molecule has 0 saturated heterocycles. The second-order valence-electron chi connectivity index (χ2n) is 4.51. The Labute approximate surface area is 94.8 Å². The number of carbonyl (C=O) groups is 1. The third-order valence-electron chi connectivity index (χ3n) is 3.04. The lowest BCUT2D eigenvalue weighted by molar-refractivity contribution is -0.121. The molecule has 0 heterocycles. The first-order valence-electron chi connectivity index (χ1n) is 6.43. The highest BCUT2D eigenvalue weighted by atomic mass is 16.1. The zero-order valence-corrected chi connectivity index (χ0v) is 10.8. The average Bonchev–Trinajstić information content (AvgIpc) is 2.23. The lowest BCUT2D eigenvalue weighted by Gasteiger charge is -2.18. The van der Waals surface area contributed by atoms with Crippen LogP contribution in [0.15, 0.2) is 0 Å². The Balaban J connectivity index is 3.77. The van der Waals surface area contributed by atoms with E-state index in [0.29, 0.717) is 12.5 Å². The van der Waals surface area contributed by atoms with Crippen molar-refractivity contribution >= 4 is 5.91 Å². The second-order valence-corrected chi connectivity index (χ2v) is 4.51. The third-order valence-corrected chi connectivity index (χ3v) is 3.04. The first-order valence-corrected chi connectivity index (χ1v) is 6.43. The van der Waals surface area contributed by atoms with Crippen LogP contribution in [0.2, 0.25) is 0 Å². The van der Waals surface area contributed by atoms with Gasteiger partial charge in [-0.15, -0.1) is 0 Å². The highest BCUT2D eigenvalue weighted by Crippen LogP contribution is 2.12. The molecule has 1 amide bonds. The van der Waals surface area contributed by atoms with Gasteiger partial charge in [0, 0.05) is 12.5 Å². The molecule has 15 heavy (non-hydrogen) atoms. The number of hydrogen-bond acceptors (Lipinski definition) is 1. The first-order chi connectivity index (χ1) is 7.13. The van der Waals surface area contributed by atoms with E-state index in [9.17, 15) is 4.79 Å². The van der Waals surface area contributed by atoms with Crippen LogP contribution in [0.25, 0.3) is 0 Å². The molecular weight excluding hydrogens is 186 g/mol. The van der Waals surface area contributed by atoms with Crippen LogP contribution in [-0.4, -0.2) is 11.9 Å². The number of nitrogens with one attached hydrogen (secondary N) is 1. The summed E-state index contributed by atoms with van der Waals surface area (Å²) >= 11 is 0. The Morgan fingerprint density at radius 3 is 2.27 bits per heavy atom. The van der Waals surface area contributed by atoms with Crippen LogP contribution >= 0.6 is 0 Å². The molecule has 2 nitrogen and oxygen atoms in total. The molecule has 0 fully saturated rings. The fraction of sp³-hybridized carbons (Fsp3) is 0.923. The molecule has 0 rings (SSSR count). The molecule has 0 radical (unpaired) electrons. The van der Waals surface area contributed by atoms with Gasteiger partial charge >= 0.3 is 0 Å². The molecule has 1 N–H and O–H groups in total. The topological polar surface area (TPSA) is 29.1 Å². The summed E-state index contributed by atoms with van der Waals surface area (Å²) in [7, 11) is 0. The van der Waals surface area contributed by atoms with Crippen molar-refractivity contribution in [2.24, 2.45) is 5.92 Å². The maximum atomic E-state index is 11.4. The van der Waals surface area contributed by atoms with Crippen LogP contribution in [0.3, 0.4) is 0 Å². The fourth-order valence-electron chi connectivity index (χ4n) is 1.60. The average molecular weight is 213 g/mol. The van der Waals surface area contributed by atoms with Crippen LogP contribution < -0.4 is 5.32 Å². The van der Waals surface area contributed by atoms with Gasteiger partial charge < -0.3 is 5.32 Å². The fourth-order valence-corrected chi connectivity index (χ4v) is 1.60. The molecule has 2 atom stereocenters. The molecule has 2 heteroatoms. The molecule has 0 saturated carbocycles. The molecular formula is C13H27NO. The van der Waals surface area contributed by atoms with Crippen LogP contribution in [0, 0.1) is 5.92 Å². The van der Waals surface area contributed by atoms with Crippen LogP contribution in [-0.2, 0) is 4.79 Å². The van der Waals surface area contributed by atoms with Gasteiger partial charge in [-0.25, -0.2) is 0 Å². The van der Waals surface area contributed by atoms with Gasteiger partial charge in [0.15, 0.2) is 0 Å². The molecule has 0 aromatic heterocycles. The van der Waals surface area contributed by atoms with Gasteiger partial charge in [-0.3, -0.25) is 4.79 Å². The van der Waals surface area contributed by atoms with Crippen molar-refractivity contribution in [1.82, 2.24) is 5.32 Å². The summed E-state index contributed by atoms with van der Waals surface area (Å²) in [5.74, 6) is 0.996. The summed E-state index contributed by atoms with van der Waals surface area (Å²) in [6, 6.07) is 0.387. The Bertz CT molecular complexity index is 168. The van der Waals surface area contributed by atoms with Gasteiger partial charge in [-0.2, -0.15) is 0 Å². The standard InChI is InChI=1S/C13H27NO/c1-5-8-13(15)14-12(7-3)10-9-11(4)6-2/h11-12H,5-10H2,1-4H3,(H,14,15). The van der Waals surface area contributed by atoms with Crippen LogP contribution in [0.5, 0.6) is 0 Å². The van der Waals surface area contributed by atoms with Crippen molar-refractivity contribution < 1.29 is 4.79 Å². The van der Waals surface area contributed by atoms with Gasteiger partial charge in [-0.1, -0.05) is 34.1 Å². The van der Waals surface area contributed by atoms with E-state index in [1.165, 1.54) is 12.8 Å². The molecule has 0 aliphatic rings. The van der Waals surface area contributed by atoms with Gasteiger partial charge in [-0.05, 0) is 31.6 Å². The summed E-state index contributed by atoms with van der Waals surface area (Å²) in [5, 5.41) is 3.11. The molecule has 0 aliphatic heterocycles. The number of amides is 1. The van der Waals surface area contributed by atoms with Gasteiger partial charge in [0.2, 0.25) is 5.91 Å². The first kappa shape index (κ1) is 14.5. The van der Waals surface area contributed by atoms with Crippen LogP contribution in [0.4, 0.5) is 0 Å². The number of rotatable bonds is 8.